The fraction of sp³-hybridized carbons (Fsp3) is 0.562. The molecule has 21 heavy (non-hydrogen) atoms. The van der Waals surface area contributed by atoms with Crippen LogP contribution in [0.5, 0.6) is 5.75 Å². The Morgan fingerprint density at radius 1 is 1.24 bits per heavy atom. The van der Waals surface area contributed by atoms with E-state index in [2.05, 4.69) is 5.32 Å². The molecule has 1 aromatic rings. The first kappa shape index (κ1) is 17.5. The third-order valence-corrected chi connectivity index (χ3v) is 3.62. The number of likely N-dealkylation sites (N-methyl/N-ethyl adjacent to an activating group) is 1. The number of carboxylic acids is 1. The van der Waals surface area contributed by atoms with Crippen molar-refractivity contribution in [3.05, 3.63) is 30.3 Å². The van der Waals surface area contributed by atoms with Gasteiger partial charge >= 0.3 is 5.97 Å². The number of ether oxygens (including phenoxy) is 2. The minimum absolute atomic E-state index is 0.494. The van der Waals surface area contributed by atoms with Gasteiger partial charge in [0.1, 0.15) is 17.9 Å². The van der Waals surface area contributed by atoms with Gasteiger partial charge in [-0.05, 0) is 38.4 Å². The fourth-order valence-corrected chi connectivity index (χ4v) is 2.16. The fourth-order valence-electron chi connectivity index (χ4n) is 2.16. The molecule has 5 heteroatoms. The molecule has 1 aromatic carbocycles. The number of nitrogens with one attached hydrogen (secondary N) is 1. The van der Waals surface area contributed by atoms with Crippen LogP contribution < -0.4 is 10.1 Å². The molecule has 0 radical (unpaired) electrons. The Labute approximate surface area is 126 Å². The minimum atomic E-state index is -0.843. The molecular formula is C16H25NO4. The summed E-state index contributed by atoms with van der Waals surface area (Å²) in [5.41, 5.74) is -0.843. The molecule has 0 heterocycles. The van der Waals surface area contributed by atoms with Crippen LogP contribution in [0.2, 0.25) is 0 Å². The second-order valence-corrected chi connectivity index (χ2v) is 4.87. The van der Waals surface area contributed by atoms with E-state index < -0.39 is 11.5 Å². The summed E-state index contributed by atoms with van der Waals surface area (Å²) in [4.78, 5) is 11.3. The van der Waals surface area contributed by atoms with Gasteiger partial charge < -0.3 is 19.9 Å². The summed E-state index contributed by atoms with van der Waals surface area (Å²) < 4.78 is 11.0. The highest BCUT2D eigenvalue weighted by atomic mass is 16.5. The number of para-hydroxylation sites is 1. The van der Waals surface area contributed by atoms with E-state index in [9.17, 15) is 9.90 Å². The lowest BCUT2D eigenvalue weighted by Crippen LogP contribution is -2.49. The Hall–Kier alpha value is -1.59. The highest BCUT2D eigenvalue weighted by molar-refractivity contribution is 5.78. The van der Waals surface area contributed by atoms with E-state index in [4.69, 9.17) is 9.47 Å². The van der Waals surface area contributed by atoms with Gasteiger partial charge in [0.2, 0.25) is 0 Å². The van der Waals surface area contributed by atoms with Gasteiger partial charge in [-0.2, -0.15) is 0 Å². The molecule has 1 atom stereocenters. The monoisotopic (exact) mass is 295 g/mol. The van der Waals surface area contributed by atoms with Crippen LogP contribution in [-0.2, 0) is 9.53 Å². The molecule has 1 unspecified atom stereocenters. The van der Waals surface area contributed by atoms with E-state index in [1.165, 1.54) is 0 Å². The molecule has 118 valence electrons. The Morgan fingerprint density at radius 3 is 2.52 bits per heavy atom. The average molecular weight is 295 g/mol. The molecule has 5 nitrogen and oxygen atoms in total. The quantitative estimate of drug-likeness (QED) is 0.613. The van der Waals surface area contributed by atoms with Gasteiger partial charge in [0.25, 0.3) is 0 Å². The molecule has 0 bridgehead atoms. The zero-order valence-corrected chi connectivity index (χ0v) is 12.8. The average Bonchev–Trinajstić information content (AvgIpc) is 2.51. The van der Waals surface area contributed by atoms with Crippen LogP contribution in [0.15, 0.2) is 30.3 Å². The van der Waals surface area contributed by atoms with Gasteiger partial charge in [0.15, 0.2) is 0 Å². The van der Waals surface area contributed by atoms with Crippen molar-refractivity contribution in [2.24, 2.45) is 0 Å². The lowest BCUT2D eigenvalue weighted by molar-refractivity contribution is -0.145. The maximum atomic E-state index is 11.3. The summed E-state index contributed by atoms with van der Waals surface area (Å²) in [5.74, 6) is 0.0204. The van der Waals surface area contributed by atoms with Crippen LogP contribution in [0.4, 0.5) is 0 Å². The van der Waals surface area contributed by atoms with E-state index in [1.807, 2.05) is 37.3 Å². The molecule has 2 N–H and O–H groups in total. The molecule has 0 aliphatic rings. The van der Waals surface area contributed by atoms with Crippen molar-refractivity contribution in [1.82, 2.24) is 5.32 Å². The number of benzene rings is 1. The van der Waals surface area contributed by atoms with Crippen molar-refractivity contribution in [2.45, 2.75) is 31.7 Å². The van der Waals surface area contributed by atoms with Gasteiger partial charge in [0, 0.05) is 6.61 Å². The lowest BCUT2D eigenvalue weighted by atomic mass is 9.91. The largest absolute Gasteiger partial charge is 0.491 e. The van der Waals surface area contributed by atoms with Crippen LogP contribution in [0.25, 0.3) is 0 Å². The SMILES string of the molecule is CCC(CCCOCCOc1ccccc1)(NC)C(=O)O. The predicted molar refractivity (Wildman–Crippen MR) is 81.7 cm³/mol. The van der Waals surface area contributed by atoms with Gasteiger partial charge in [-0.3, -0.25) is 4.79 Å². The summed E-state index contributed by atoms with van der Waals surface area (Å²) in [6.07, 6.45) is 1.80. The van der Waals surface area contributed by atoms with Crippen molar-refractivity contribution in [2.75, 3.05) is 26.9 Å². The van der Waals surface area contributed by atoms with Crippen LogP contribution in [-0.4, -0.2) is 43.5 Å². The number of hydrogen-bond acceptors (Lipinski definition) is 4. The van der Waals surface area contributed by atoms with Gasteiger partial charge in [0.05, 0.1) is 6.61 Å². The van der Waals surface area contributed by atoms with Crippen molar-refractivity contribution in [3.63, 3.8) is 0 Å². The summed E-state index contributed by atoms with van der Waals surface area (Å²) in [7, 11) is 1.69. The van der Waals surface area contributed by atoms with Crippen molar-refractivity contribution < 1.29 is 19.4 Å². The van der Waals surface area contributed by atoms with Gasteiger partial charge in [-0.1, -0.05) is 25.1 Å². The predicted octanol–water partition coefficient (Wildman–Crippen LogP) is 2.32. The molecule has 0 saturated carbocycles. The van der Waals surface area contributed by atoms with Gasteiger partial charge in [-0.15, -0.1) is 0 Å². The Balaban J connectivity index is 2.13. The smallest absolute Gasteiger partial charge is 0.323 e. The molecule has 0 aliphatic heterocycles. The third kappa shape index (κ3) is 5.73. The molecule has 0 spiro atoms. The summed E-state index contributed by atoms with van der Waals surface area (Å²) in [6.45, 7) is 3.41. The van der Waals surface area contributed by atoms with Crippen LogP contribution in [0.3, 0.4) is 0 Å². The summed E-state index contributed by atoms with van der Waals surface area (Å²) >= 11 is 0. The Bertz CT molecular complexity index is 404. The minimum Gasteiger partial charge on any atom is -0.491 e. The molecule has 0 aromatic heterocycles. The highest BCUT2D eigenvalue weighted by Crippen LogP contribution is 2.17. The second kappa shape index (κ2) is 9.37. The van der Waals surface area contributed by atoms with Crippen molar-refractivity contribution in [1.29, 1.82) is 0 Å². The highest BCUT2D eigenvalue weighted by Gasteiger charge is 2.33. The normalized spacial score (nSPS) is 13.6. The lowest BCUT2D eigenvalue weighted by Gasteiger charge is -2.27. The molecule has 0 fully saturated rings. The molecular weight excluding hydrogens is 270 g/mol. The summed E-state index contributed by atoms with van der Waals surface area (Å²) in [5, 5.41) is 12.2. The second-order valence-electron chi connectivity index (χ2n) is 4.87. The number of hydrogen-bond donors (Lipinski definition) is 2. The Morgan fingerprint density at radius 2 is 1.95 bits per heavy atom. The third-order valence-electron chi connectivity index (χ3n) is 3.62. The van der Waals surface area contributed by atoms with E-state index in [0.29, 0.717) is 39.1 Å². The number of carbonyl (C=O) groups is 1. The first-order chi connectivity index (χ1) is 10.1. The first-order valence-electron chi connectivity index (χ1n) is 7.32. The van der Waals surface area contributed by atoms with Crippen LogP contribution >= 0.6 is 0 Å². The topological polar surface area (TPSA) is 67.8 Å². The summed E-state index contributed by atoms with van der Waals surface area (Å²) in [6, 6.07) is 9.58. The van der Waals surface area contributed by atoms with Crippen LogP contribution in [0, 0.1) is 0 Å². The standard InChI is InChI=1S/C16H25NO4/c1-3-16(17-2,15(18)19)10-7-11-20-12-13-21-14-8-5-4-6-9-14/h4-6,8-9,17H,3,7,10-13H2,1-2H3,(H,18,19). The zero-order valence-electron chi connectivity index (χ0n) is 12.8. The van der Waals surface area contributed by atoms with E-state index in [-0.39, 0.29) is 0 Å². The van der Waals surface area contributed by atoms with Crippen LogP contribution in [0.1, 0.15) is 26.2 Å². The maximum Gasteiger partial charge on any atom is 0.323 e. The van der Waals surface area contributed by atoms with Crippen molar-refractivity contribution in [3.8, 4) is 5.75 Å². The van der Waals surface area contributed by atoms with Crippen molar-refractivity contribution >= 4 is 5.97 Å². The molecule has 1 rings (SSSR count). The van der Waals surface area contributed by atoms with E-state index in [0.717, 1.165) is 5.75 Å². The number of aliphatic carboxylic acids is 1. The molecule has 0 amide bonds. The van der Waals surface area contributed by atoms with Gasteiger partial charge in [-0.25, -0.2) is 0 Å². The molecule has 0 saturated heterocycles. The Kier molecular flexibility index (Phi) is 7.79. The van der Waals surface area contributed by atoms with E-state index in [1.54, 1.807) is 7.05 Å². The number of rotatable bonds is 11. The van der Waals surface area contributed by atoms with E-state index >= 15 is 0 Å². The maximum absolute atomic E-state index is 11.3. The zero-order chi connectivity index (χ0) is 15.6. The first-order valence-corrected chi connectivity index (χ1v) is 7.32. The number of carboxylic acid groups (broad SMARTS) is 1. The molecule has 0 aliphatic carbocycles.